The minimum Gasteiger partial charge on any atom is -0.361 e. The molecule has 0 bridgehead atoms. The first-order valence-electron chi connectivity index (χ1n) is 6.83. The molecule has 20 heavy (non-hydrogen) atoms. The number of benzene rings is 1. The molecular weight excluding hydrogens is 271 g/mol. The van der Waals surface area contributed by atoms with Crippen LogP contribution in [0.1, 0.15) is 37.3 Å². The van der Waals surface area contributed by atoms with Crippen molar-refractivity contribution in [2.45, 2.75) is 39.4 Å². The Bertz CT molecular complexity index is 550. The smallest absolute Gasteiger partial charge is 0.146 e. The Kier molecular flexibility index (Phi) is 4.78. The summed E-state index contributed by atoms with van der Waals surface area (Å²) in [4.78, 5) is 3.30. The molecule has 0 unspecified atom stereocenters. The monoisotopic (exact) mass is 292 g/mol. The molecular formula is C16H21FN2S. The quantitative estimate of drug-likeness (QED) is 0.889. The van der Waals surface area contributed by atoms with Gasteiger partial charge in [-0.1, -0.05) is 18.2 Å². The van der Waals surface area contributed by atoms with Crippen LogP contribution in [0, 0.1) is 5.82 Å². The van der Waals surface area contributed by atoms with E-state index in [1.165, 1.54) is 10.9 Å². The van der Waals surface area contributed by atoms with Crippen LogP contribution in [0.2, 0.25) is 0 Å². The van der Waals surface area contributed by atoms with Crippen molar-refractivity contribution in [3.63, 3.8) is 0 Å². The molecule has 2 rings (SSSR count). The normalized spacial score (nSPS) is 12.7. The number of nitrogens with zero attached hydrogens (tertiary/aromatic N) is 1. The zero-order valence-corrected chi connectivity index (χ0v) is 13.0. The number of anilines is 1. The Labute approximate surface area is 124 Å². The molecule has 0 aliphatic rings. The van der Waals surface area contributed by atoms with Crippen molar-refractivity contribution < 1.29 is 4.39 Å². The Morgan fingerprint density at radius 2 is 1.95 bits per heavy atom. The van der Waals surface area contributed by atoms with Crippen molar-refractivity contribution in [1.29, 1.82) is 0 Å². The molecule has 2 N–H and O–H groups in total. The van der Waals surface area contributed by atoms with Gasteiger partial charge < -0.3 is 10.6 Å². The fourth-order valence-corrected chi connectivity index (χ4v) is 3.00. The minimum atomic E-state index is -0.204. The lowest BCUT2D eigenvalue weighted by Crippen LogP contribution is -2.32. The van der Waals surface area contributed by atoms with E-state index in [-0.39, 0.29) is 17.9 Å². The number of para-hydroxylation sites is 1. The van der Waals surface area contributed by atoms with E-state index in [0.717, 1.165) is 5.56 Å². The molecule has 0 aliphatic heterocycles. The second-order valence-corrected chi connectivity index (χ2v) is 6.30. The predicted molar refractivity (Wildman–Crippen MR) is 84.6 cm³/mol. The van der Waals surface area contributed by atoms with Gasteiger partial charge in [0.15, 0.2) is 0 Å². The third-order valence-corrected chi connectivity index (χ3v) is 4.19. The third kappa shape index (κ3) is 3.19. The van der Waals surface area contributed by atoms with E-state index in [0.29, 0.717) is 12.2 Å². The largest absolute Gasteiger partial charge is 0.361 e. The highest BCUT2D eigenvalue weighted by Crippen LogP contribution is 2.31. The van der Waals surface area contributed by atoms with Crippen molar-refractivity contribution in [2.24, 2.45) is 5.73 Å². The number of nitrogens with two attached hydrogens (primary N) is 1. The van der Waals surface area contributed by atoms with Crippen LogP contribution in [0.4, 0.5) is 10.1 Å². The SMILES string of the molecule is CC(C)N(Cc1cccs1)c1c(F)cccc1[C@H](C)N. The van der Waals surface area contributed by atoms with Crippen LogP contribution in [0.3, 0.4) is 0 Å². The molecule has 2 aromatic rings. The summed E-state index contributed by atoms with van der Waals surface area (Å²) in [6.45, 7) is 6.74. The molecule has 1 atom stereocenters. The molecule has 0 aliphatic carbocycles. The first kappa shape index (κ1) is 15.0. The molecule has 4 heteroatoms. The number of hydrogen-bond donors (Lipinski definition) is 1. The van der Waals surface area contributed by atoms with Crippen LogP contribution in [0.15, 0.2) is 35.7 Å². The van der Waals surface area contributed by atoms with Gasteiger partial charge in [-0.2, -0.15) is 0 Å². The second kappa shape index (κ2) is 6.37. The zero-order chi connectivity index (χ0) is 14.7. The maximum atomic E-state index is 14.4. The molecule has 1 aromatic carbocycles. The van der Waals surface area contributed by atoms with Crippen LogP contribution < -0.4 is 10.6 Å². The van der Waals surface area contributed by atoms with Crippen molar-refractivity contribution in [1.82, 2.24) is 0 Å². The van der Waals surface area contributed by atoms with Crippen LogP contribution in [0.25, 0.3) is 0 Å². The fourth-order valence-electron chi connectivity index (χ4n) is 2.29. The summed E-state index contributed by atoms with van der Waals surface area (Å²) in [5.74, 6) is -0.204. The Balaban J connectivity index is 2.44. The lowest BCUT2D eigenvalue weighted by Gasteiger charge is -2.31. The molecule has 0 saturated carbocycles. The molecule has 0 spiro atoms. The van der Waals surface area contributed by atoms with Gasteiger partial charge in [0.2, 0.25) is 0 Å². The molecule has 108 valence electrons. The first-order valence-corrected chi connectivity index (χ1v) is 7.71. The fraction of sp³-hybridized carbons (Fsp3) is 0.375. The van der Waals surface area contributed by atoms with E-state index in [2.05, 4.69) is 24.8 Å². The van der Waals surface area contributed by atoms with E-state index in [1.807, 2.05) is 24.4 Å². The lowest BCUT2D eigenvalue weighted by atomic mass is 10.0. The summed E-state index contributed by atoms with van der Waals surface area (Å²) in [5, 5.41) is 2.04. The predicted octanol–water partition coefficient (Wildman–Crippen LogP) is 4.32. The number of thiophene rings is 1. The lowest BCUT2D eigenvalue weighted by molar-refractivity contribution is 0.592. The van der Waals surface area contributed by atoms with E-state index < -0.39 is 0 Å². The summed E-state index contributed by atoms with van der Waals surface area (Å²) >= 11 is 1.69. The third-order valence-electron chi connectivity index (χ3n) is 3.33. The van der Waals surface area contributed by atoms with Crippen molar-refractivity contribution in [3.8, 4) is 0 Å². The van der Waals surface area contributed by atoms with Crippen molar-refractivity contribution in [2.75, 3.05) is 4.90 Å². The Morgan fingerprint density at radius 3 is 2.50 bits per heavy atom. The molecule has 1 heterocycles. The average Bonchev–Trinajstić information content (AvgIpc) is 2.88. The van der Waals surface area contributed by atoms with Crippen LogP contribution in [-0.2, 0) is 6.54 Å². The van der Waals surface area contributed by atoms with Gasteiger partial charge in [0.05, 0.1) is 12.2 Å². The standard InChI is InChI=1S/C16H21FN2S/c1-11(2)19(10-13-6-5-9-20-13)16-14(12(3)18)7-4-8-15(16)17/h4-9,11-12H,10,18H2,1-3H3/t12-/m0/s1. The number of rotatable bonds is 5. The summed E-state index contributed by atoms with van der Waals surface area (Å²) in [6, 6.07) is 9.24. The molecule has 0 saturated heterocycles. The van der Waals surface area contributed by atoms with Gasteiger partial charge in [-0.3, -0.25) is 0 Å². The maximum absolute atomic E-state index is 14.4. The molecule has 2 nitrogen and oxygen atoms in total. The van der Waals surface area contributed by atoms with E-state index >= 15 is 0 Å². The second-order valence-electron chi connectivity index (χ2n) is 5.27. The van der Waals surface area contributed by atoms with Gasteiger partial charge >= 0.3 is 0 Å². The van der Waals surface area contributed by atoms with Gasteiger partial charge in [0.25, 0.3) is 0 Å². The van der Waals surface area contributed by atoms with Gasteiger partial charge in [-0.15, -0.1) is 11.3 Å². The number of halogens is 1. The summed E-state index contributed by atoms with van der Waals surface area (Å²) in [7, 11) is 0. The highest BCUT2D eigenvalue weighted by atomic mass is 32.1. The van der Waals surface area contributed by atoms with E-state index in [4.69, 9.17) is 5.73 Å². The highest BCUT2D eigenvalue weighted by molar-refractivity contribution is 7.09. The summed E-state index contributed by atoms with van der Waals surface area (Å²) in [6.07, 6.45) is 0. The van der Waals surface area contributed by atoms with E-state index in [1.54, 1.807) is 17.4 Å². The van der Waals surface area contributed by atoms with Crippen LogP contribution in [0.5, 0.6) is 0 Å². The average molecular weight is 292 g/mol. The van der Waals surface area contributed by atoms with Crippen molar-refractivity contribution >= 4 is 17.0 Å². The maximum Gasteiger partial charge on any atom is 0.146 e. The Morgan fingerprint density at radius 1 is 1.20 bits per heavy atom. The number of hydrogen-bond acceptors (Lipinski definition) is 3. The van der Waals surface area contributed by atoms with E-state index in [9.17, 15) is 4.39 Å². The molecule has 0 fully saturated rings. The summed E-state index contributed by atoms with van der Waals surface area (Å²) in [5.41, 5.74) is 7.49. The topological polar surface area (TPSA) is 29.3 Å². The van der Waals surface area contributed by atoms with Gasteiger partial charge in [-0.05, 0) is 43.8 Å². The highest BCUT2D eigenvalue weighted by Gasteiger charge is 2.20. The molecule has 0 amide bonds. The zero-order valence-electron chi connectivity index (χ0n) is 12.1. The molecule has 0 radical (unpaired) electrons. The summed E-state index contributed by atoms with van der Waals surface area (Å²) < 4.78 is 14.4. The van der Waals surface area contributed by atoms with Gasteiger partial charge in [-0.25, -0.2) is 4.39 Å². The minimum absolute atomic E-state index is 0.190. The van der Waals surface area contributed by atoms with Crippen LogP contribution >= 0.6 is 11.3 Å². The van der Waals surface area contributed by atoms with Crippen molar-refractivity contribution in [3.05, 3.63) is 52.0 Å². The van der Waals surface area contributed by atoms with Gasteiger partial charge in [0, 0.05) is 17.0 Å². The molecule has 1 aromatic heterocycles. The first-order chi connectivity index (χ1) is 9.50. The van der Waals surface area contributed by atoms with Crippen LogP contribution in [-0.4, -0.2) is 6.04 Å². The van der Waals surface area contributed by atoms with Gasteiger partial charge in [0.1, 0.15) is 5.82 Å². The Hall–Kier alpha value is -1.39.